The second kappa shape index (κ2) is 6.37. The Morgan fingerprint density at radius 1 is 1.17 bits per heavy atom. The third-order valence-electron chi connectivity index (χ3n) is 2.91. The minimum Gasteiger partial charge on any atom is -0.306 e. The summed E-state index contributed by atoms with van der Waals surface area (Å²) in [4.78, 5) is 0. The van der Waals surface area contributed by atoms with E-state index in [-0.39, 0.29) is 0 Å². The third-order valence-corrected chi connectivity index (χ3v) is 3.77. The summed E-state index contributed by atoms with van der Waals surface area (Å²) in [7, 11) is 0. The van der Waals surface area contributed by atoms with Gasteiger partial charge in [-0.1, -0.05) is 57.9 Å². The van der Waals surface area contributed by atoms with Crippen molar-refractivity contribution >= 4 is 27.5 Å². The molecular weight excluding hydrogens is 310 g/mol. The molecule has 0 unspecified atom stereocenters. The predicted molar refractivity (Wildman–Crippen MR) is 80.8 cm³/mol. The van der Waals surface area contributed by atoms with Crippen LogP contribution >= 0.6 is 27.5 Å². The molecule has 0 saturated carbocycles. The molecule has 1 atom stereocenters. The molecule has 2 aromatic rings. The SMILES string of the molecule is C[C@@H](NCc1ccccc1Cl)c1cccc(Br)c1. The summed E-state index contributed by atoms with van der Waals surface area (Å²) in [6.45, 7) is 2.92. The van der Waals surface area contributed by atoms with Crippen LogP contribution in [0.25, 0.3) is 0 Å². The zero-order valence-corrected chi connectivity index (χ0v) is 12.5. The van der Waals surface area contributed by atoms with Crippen LogP contribution in [0.5, 0.6) is 0 Å². The van der Waals surface area contributed by atoms with Gasteiger partial charge in [-0.15, -0.1) is 0 Å². The van der Waals surface area contributed by atoms with Gasteiger partial charge in [-0.3, -0.25) is 0 Å². The molecule has 0 aliphatic carbocycles. The smallest absolute Gasteiger partial charge is 0.0450 e. The van der Waals surface area contributed by atoms with Crippen molar-refractivity contribution in [3.05, 3.63) is 69.2 Å². The fourth-order valence-corrected chi connectivity index (χ4v) is 2.42. The molecule has 1 nitrogen and oxygen atoms in total. The highest BCUT2D eigenvalue weighted by Gasteiger charge is 2.06. The van der Waals surface area contributed by atoms with Crippen LogP contribution in [0.4, 0.5) is 0 Å². The van der Waals surface area contributed by atoms with Gasteiger partial charge in [0.05, 0.1) is 0 Å². The molecule has 0 bridgehead atoms. The Bertz CT molecular complexity index is 527. The van der Waals surface area contributed by atoms with Crippen molar-refractivity contribution in [1.29, 1.82) is 0 Å². The Labute approximate surface area is 121 Å². The van der Waals surface area contributed by atoms with Crippen LogP contribution in [0.1, 0.15) is 24.1 Å². The van der Waals surface area contributed by atoms with Crippen molar-refractivity contribution in [2.24, 2.45) is 0 Å². The van der Waals surface area contributed by atoms with Gasteiger partial charge in [0, 0.05) is 22.1 Å². The van der Waals surface area contributed by atoms with Crippen LogP contribution in [0.2, 0.25) is 5.02 Å². The van der Waals surface area contributed by atoms with Gasteiger partial charge < -0.3 is 5.32 Å². The van der Waals surface area contributed by atoms with Gasteiger partial charge in [0.1, 0.15) is 0 Å². The molecule has 0 fully saturated rings. The number of nitrogens with one attached hydrogen (secondary N) is 1. The maximum Gasteiger partial charge on any atom is 0.0450 e. The van der Waals surface area contributed by atoms with Crippen molar-refractivity contribution in [2.45, 2.75) is 19.5 Å². The van der Waals surface area contributed by atoms with Crippen molar-refractivity contribution in [1.82, 2.24) is 5.32 Å². The van der Waals surface area contributed by atoms with Gasteiger partial charge >= 0.3 is 0 Å². The first-order valence-electron chi connectivity index (χ1n) is 5.89. The second-order valence-corrected chi connectivity index (χ2v) is 5.57. The summed E-state index contributed by atoms with van der Waals surface area (Å²) in [5.74, 6) is 0. The fraction of sp³-hybridized carbons (Fsp3) is 0.200. The molecule has 1 N–H and O–H groups in total. The lowest BCUT2D eigenvalue weighted by molar-refractivity contribution is 0.574. The molecule has 0 amide bonds. The molecule has 0 saturated heterocycles. The molecule has 18 heavy (non-hydrogen) atoms. The first kappa shape index (κ1) is 13.6. The van der Waals surface area contributed by atoms with Crippen LogP contribution in [0, 0.1) is 0 Å². The van der Waals surface area contributed by atoms with Crippen molar-refractivity contribution < 1.29 is 0 Å². The quantitative estimate of drug-likeness (QED) is 0.838. The number of rotatable bonds is 4. The van der Waals surface area contributed by atoms with E-state index in [9.17, 15) is 0 Å². The zero-order valence-electron chi connectivity index (χ0n) is 10.2. The summed E-state index contributed by atoms with van der Waals surface area (Å²) in [6.07, 6.45) is 0. The maximum absolute atomic E-state index is 6.13. The summed E-state index contributed by atoms with van der Waals surface area (Å²) in [5, 5.41) is 4.29. The van der Waals surface area contributed by atoms with Crippen LogP contribution in [0.15, 0.2) is 53.0 Å². The molecule has 2 rings (SSSR count). The van der Waals surface area contributed by atoms with Gasteiger partial charge in [-0.05, 0) is 36.2 Å². The Morgan fingerprint density at radius 2 is 1.94 bits per heavy atom. The van der Waals surface area contributed by atoms with Crippen LogP contribution in [-0.4, -0.2) is 0 Å². The Morgan fingerprint density at radius 3 is 2.67 bits per heavy atom. The van der Waals surface area contributed by atoms with Crippen molar-refractivity contribution in [3.63, 3.8) is 0 Å². The van der Waals surface area contributed by atoms with Gasteiger partial charge in [0.25, 0.3) is 0 Å². The van der Waals surface area contributed by atoms with E-state index in [0.29, 0.717) is 6.04 Å². The minimum absolute atomic E-state index is 0.291. The van der Waals surface area contributed by atoms with E-state index in [2.05, 4.69) is 40.3 Å². The normalized spacial score (nSPS) is 12.4. The van der Waals surface area contributed by atoms with E-state index >= 15 is 0 Å². The minimum atomic E-state index is 0.291. The Kier molecular flexibility index (Phi) is 4.81. The lowest BCUT2D eigenvalue weighted by Gasteiger charge is -2.15. The van der Waals surface area contributed by atoms with E-state index in [1.54, 1.807) is 0 Å². The molecule has 3 heteroatoms. The average molecular weight is 325 g/mol. The molecular formula is C15H15BrClN. The standard InChI is InChI=1S/C15H15BrClN/c1-11(12-6-4-7-14(16)9-12)18-10-13-5-2-3-8-15(13)17/h2-9,11,18H,10H2,1H3/t11-/m1/s1. The van der Waals surface area contributed by atoms with Gasteiger partial charge in [0.15, 0.2) is 0 Å². The highest BCUT2D eigenvalue weighted by Crippen LogP contribution is 2.20. The summed E-state index contributed by atoms with van der Waals surface area (Å²) in [5.41, 5.74) is 2.39. The topological polar surface area (TPSA) is 12.0 Å². The number of hydrogen-bond acceptors (Lipinski definition) is 1. The average Bonchev–Trinajstić information content (AvgIpc) is 2.37. The lowest BCUT2D eigenvalue weighted by Crippen LogP contribution is -2.18. The van der Waals surface area contributed by atoms with E-state index < -0.39 is 0 Å². The highest BCUT2D eigenvalue weighted by molar-refractivity contribution is 9.10. The molecule has 0 heterocycles. The number of benzene rings is 2. The fourth-order valence-electron chi connectivity index (χ4n) is 1.80. The maximum atomic E-state index is 6.13. The first-order valence-corrected chi connectivity index (χ1v) is 7.06. The molecule has 0 spiro atoms. The second-order valence-electron chi connectivity index (χ2n) is 4.25. The van der Waals surface area contributed by atoms with Crippen LogP contribution in [-0.2, 0) is 6.54 Å². The zero-order chi connectivity index (χ0) is 13.0. The third kappa shape index (κ3) is 3.58. The van der Waals surface area contributed by atoms with Crippen LogP contribution < -0.4 is 5.32 Å². The monoisotopic (exact) mass is 323 g/mol. The Balaban J connectivity index is 2.00. The molecule has 0 aliphatic heterocycles. The summed E-state index contributed by atoms with van der Waals surface area (Å²) >= 11 is 9.62. The van der Waals surface area contributed by atoms with E-state index in [4.69, 9.17) is 11.6 Å². The molecule has 2 aromatic carbocycles. The highest BCUT2D eigenvalue weighted by atomic mass is 79.9. The van der Waals surface area contributed by atoms with E-state index in [1.165, 1.54) is 5.56 Å². The Hall–Kier alpha value is -0.830. The van der Waals surface area contributed by atoms with Gasteiger partial charge in [0.2, 0.25) is 0 Å². The van der Waals surface area contributed by atoms with E-state index in [1.807, 2.05) is 36.4 Å². The van der Waals surface area contributed by atoms with E-state index in [0.717, 1.165) is 21.6 Å². The first-order chi connectivity index (χ1) is 8.66. The van der Waals surface area contributed by atoms with Gasteiger partial charge in [-0.25, -0.2) is 0 Å². The molecule has 0 radical (unpaired) electrons. The molecule has 0 aromatic heterocycles. The summed E-state index contributed by atoms with van der Waals surface area (Å²) in [6, 6.07) is 16.5. The van der Waals surface area contributed by atoms with Crippen molar-refractivity contribution in [3.8, 4) is 0 Å². The van der Waals surface area contributed by atoms with Crippen LogP contribution in [0.3, 0.4) is 0 Å². The number of halogens is 2. The summed E-state index contributed by atoms with van der Waals surface area (Å²) < 4.78 is 1.10. The largest absolute Gasteiger partial charge is 0.306 e. The lowest BCUT2D eigenvalue weighted by atomic mass is 10.1. The molecule has 0 aliphatic rings. The van der Waals surface area contributed by atoms with Crippen molar-refractivity contribution in [2.75, 3.05) is 0 Å². The number of hydrogen-bond donors (Lipinski definition) is 1. The van der Waals surface area contributed by atoms with Gasteiger partial charge in [-0.2, -0.15) is 0 Å². The molecule has 94 valence electrons. The predicted octanol–water partition coefficient (Wildman–Crippen LogP) is 4.95.